The number of hydrogen-bond donors (Lipinski definition) is 2. The van der Waals surface area contributed by atoms with Crippen molar-refractivity contribution in [1.82, 2.24) is 4.98 Å². The first kappa shape index (κ1) is 10.2. The highest BCUT2D eigenvalue weighted by atomic mass is 16.3. The summed E-state index contributed by atoms with van der Waals surface area (Å²) in [4.78, 5) is 4.00. The van der Waals surface area contributed by atoms with Crippen molar-refractivity contribution in [2.45, 2.75) is 25.8 Å². The molecule has 3 heteroatoms. The summed E-state index contributed by atoms with van der Waals surface area (Å²) in [5, 5.41) is 9.01. The fourth-order valence-corrected chi connectivity index (χ4v) is 1.19. The maximum Gasteiger partial charge on any atom is 0.0611 e. The molecule has 1 aromatic rings. The van der Waals surface area contributed by atoms with Crippen molar-refractivity contribution in [2.75, 3.05) is 6.61 Å². The van der Waals surface area contributed by atoms with Crippen LogP contribution in [0.5, 0.6) is 0 Å². The van der Waals surface area contributed by atoms with E-state index in [4.69, 9.17) is 10.8 Å². The fourth-order valence-electron chi connectivity index (χ4n) is 1.19. The van der Waals surface area contributed by atoms with E-state index >= 15 is 0 Å². The molecule has 3 N–H and O–H groups in total. The molecule has 3 nitrogen and oxygen atoms in total. The molecule has 0 saturated heterocycles. The largest absolute Gasteiger partial charge is 0.394 e. The lowest BCUT2D eigenvalue weighted by Gasteiger charge is -2.22. The highest BCUT2D eigenvalue weighted by molar-refractivity contribution is 5.23. The third kappa shape index (κ3) is 2.79. The van der Waals surface area contributed by atoms with Gasteiger partial charge >= 0.3 is 0 Å². The fraction of sp³-hybridized carbons (Fsp3) is 0.500. The van der Waals surface area contributed by atoms with Crippen LogP contribution in [0.4, 0.5) is 0 Å². The van der Waals surface area contributed by atoms with Gasteiger partial charge in [-0.25, -0.2) is 0 Å². The van der Waals surface area contributed by atoms with E-state index in [9.17, 15) is 0 Å². The predicted molar refractivity (Wildman–Crippen MR) is 52.4 cm³/mol. The standard InChI is InChI=1S/C10H16N2O/c1-8-6-12-4-3-9(8)5-10(2,11)7-13/h3-4,6,13H,5,7,11H2,1-2H3. The van der Waals surface area contributed by atoms with Crippen molar-refractivity contribution in [3.8, 4) is 0 Å². The number of rotatable bonds is 3. The smallest absolute Gasteiger partial charge is 0.0611 e. The number of aromatic nitrogens is 1. The zero-order valence-corrected chi connectivity index (χ0v) is 8.12. The highest BCUT2D eigenvalue weighted by Gasteiger charge is 2.18. The molecule has 0 fully saturated rings. The highest BCUT2D eigenvalue weighted by Crippen LogP contribution is 2.12. The zero-order valence-electron chi connectivity index (χ0n) is 8.12. The van der Waals surface area contributed by atoms with Crippen LogP contribution in [0.1, 0.15) is 18.1 Å². The van der Waals surface area contributed by atoms with Gasteiger partial charge in [-0.15, -0.1) is 0 Å². The summed E-state index contributed by atoms with van der Waals surface area (Å²) in [6.45, 7) is 3.83. The normalized spacial score (nSPS) is 15.4. The second-order valence-corrected chi connectivity index (χ2v) is 3.79. The molecule has 0 aliphatic heterocycles. The molecule has 0 aromatic carbocycles. The summed E-state index contributed by atoms with van der Waals surface area (Å²) < 4.78 is 0. The van der Waals surface area contributed by atoms with Crippen molar-refractivity contribution < 1.29 is 5.11 Å². The second-order valence-electron chi connectivity index (χ2n) is 3.79. The average Bonchev–Trinajstić information content (AvgIpc) is 2.09. The first-order chi connectivity index (χ1) is 6.05. The van der Waals surface area contributed by atoms with E-state index in [-0.39, 0.29) is 6.61 Å². The van der Waals surface area contributed by atoms with Gasteiger partial charge in [0.1, 0.15) is 0 Å². The number of nitrogens with zero attached hydrogens (tertiary/aromatic N) is 1. The summed E-state index contributed by atoms with van der Waals surface area (Å²) in [5.41, 5.74) is 7.58. The number of aryl methyl sites for hydroxylation is 1. The van der Waals surface area contributed by atoms with Crippen LogP contribution in [0, 0.1) is 6.92 Å². The number of pyridine rings is 1. The summed E-state index contributed by atoms with van der Waals surface area (Å²) in [6.07, 6.45) is 4.23. The molecule has 0 amide bonds. The summed E-state index contributed by atoms with van der Waals surface area (Å²) in [5.74, 6) is 0. The van der Waals surface area contributed by atoms with Crippen molar-refractivity contribution in [1.29, 1.82) is 0 Å². The Hall–Kier alpha value is -0.930. The first-order valence-electron chi connectivity index (χ1n) is 4.34. The average molecular weight is 180 g/mol. The van der Waals surface area contributed by atoms with Gasteiger partial charge < -0.3 is 10.8 Å². The molecule has 1 aromatic heterocycles. The van der Waals surface area contributed by atoms with Gasteiger partial charge in [0.15, 0.2) is 0 Å². The molecule has 1 heterocycles. The number of aliphatic hydroxyl groups excluding tert-OH is 1. The molecule has 1 rings (SSSR count). The number of hydrogen-bond acceptors (Lipinski definition) is 3. The van der Waals surface area contributed by atoms with E-state index in [1.54, 1.807) is 6.20 Å². The van der Waals surface area contributed by atoms with Crippen LogP contribution in [-0.2, 0) is 6.42 Å². The van der Waals surface area contributed by atoms with Gasteiger partial charge in [-0.05, 0) is 37.5 Å². The molecule has 1 unspecified atom stereocenters. The van der Waals surface area contributed by atoms with E-state index in [1.165, 1.54) is 0 Å². The molecule has 0 bridgehead atoms. The van der Waals surface area contributed by atoms with Gasteiger partial charge in [0, 0.05) is 17.9 Å². The molecule has 1 atom stereocenters. The van der Waals surface area contributed by atoms with Gasteiger partial charge in [0.05, 0.1) is 6.61 Å². The lowest BCUT2D eigenvalue weighted by molar-refractivity contribution is 0.208. The summed E-state index contributed by atoms with van der Waals surface area (Å²) in [6, 6.07) is 1.94. The van der Waals surface area contributed by atoms with E-state index in [1.807, 2.05) is 26.1 Å². The van der Waals surface area contributed by atoms with E-state index in [2.05, 4.69) is 4.98 Å². The summed E-state index contributed by atoms with van der Waals surface area (Å²) in [7, 11) is 0. The van der Waals surface area contributed by atoms with Crippen LogP contribution in [0.25, 0.3) is 0 Å². The maximum absolute atomic E-state index is 9.01. The van der Waals surface area contributed by atoms with E-state index < -0.39 is 5.54 Å². The van der Waals surface area contributed by atoms with Crippen LogP contribution in [0.15, 0.2) is 18.5 Å². The Morgan fingerprint density at radius 2 is 2.31 bits per heavy atom. The zero-order chi connectivity index (χ0) is 9.90. The topological polar surface area (TPSA) is 59.1 Å². The lowest BCUT2D eigenvalue weighted by Crippen LogP contribution is -2.42. The van der Waals surface area contributed by atoms with Gasteiger partial charge in [-0.3, -0.25) is 4.98 Å². The summed E-state index contributed by atoms with van der Waals surface area (Å²) >= 11 is 0. The third-order valence-electron chi connectivity index (χ3n) is 2.09. The van der Waals surface area contributed by atoms with Gasteiger partial charge in [-0.2, -0.15) is 0 Å². The SMILES string of the molecule is Cc1cnccc1CC(C)(N)CO. The Kier molecular flexibility index (Phi) is 3.01. The van der Waals surface area contributed by atoms with Crippen molar-refractivity contribution in [3.05, 3.63) is 29.6 Å². The van der Waals surface area contributed by atoms with Crippen LogP contribution in [-0.4, -0.2) is 22.2 Å². The van der Waals surface area contributed by atoms with Crippen molar-refractivity contribution >= 4 is 0 Å². The molecule has 0 saturated carbocycles. The van der Waals surface area contributed by atoms with Crippen LogP contribution in [0.3, 0.4) is 0 Å². The molecule has 0 aliphatic carbocycles. The Morgan fingerprint density at radius 1 is 1.62 bits per heavy atom. The van der Waals surface area contributed by atoms with Crippen LogP contribution in [0.2, 0.25) is 0 Å². The molecule has 0 spiro atoms. The predicted octanol–water partition coefficient (Wildman–Crippen LogP) is 0.642. The lowest BCUT2D eigenvalue weighted by atomic mass is 9.93. The third-order valence-corrected chi connectivity index (χ3v) is 2.09. The second kappa shape index (κ2) is 3.85. The van der Waals surface area contributed by atoms with Gasteiger partial charge in [-0.1, -0.05) is 0 Å². The monoisotopic (exact) mass is 180 g/mol. The van der Waals surface area contributed by atoms with Crippen molar-refractivity contribution in [3.63, 3.8) is 0 Å². The van der Waals surface area contributed by atoms with Gasteiger partial charge in [0.25, 0.3) is 0 Å². The Bertz CT molecular complexity index is 284. The minimum absolute atomic E-state index is 0.00520. The van der Waals surface area contributed by atoms with Crippen LogP contribution < -0.4 is 5.73 Å². The molecule has 0 aliphatic rings. The number of nitrogens with two attached hydrogens (primary N) is 1. The first-order valence-corrected chi connectivity index (χ1v) is 4.34. The van der Waals surface area contributed by atoms with Gasteiger partial charge in [0.2, 0.25) is 0 Å². The minimum atomic E-state index is -0.536. The van der Waals surface area contributed by atoms with Crippen molar-refractivity contribution in [2.24, 2.45) is 5.73 Å². The Labute approximate surface area is 78.6 Å². The molecular formula is C10H16N2O. The maximum atomic E-state index is 9.01. The van der Waals surface area contributed by atoms with E-state index in [0.717, 1.165) is 11.1 Å². The molecule has 0 radical (unpaired) electrons. The number of aliphatic hydroxyl groups is 1. The minimum Gasteiger partial charge on any atom is -0.394 e. The Balaban J connectivity index is 2.80. The molecular weight excluding hydrogens is 164 g/mol. The van der Waals surface area contributed by atoms with E-state index in [0.29, 0.717) is 6.42 Å². The van der Waals surface area contributed by atoms with Crippen LogP contribution >= 0.6 is 0 Å². The molecule has 72 valence electrons. The molecule has 13 heavy (non-hydrogen) atoms. The Morgan fingerprint density at radius 3 is 2.85 bits per heavy atom. The quantitative estimate of drug-likeness (QED) is 0.717.